The van der Waals surface area contributed by atoms with Gasteiger partial charge in [-0.05, 0) is 56.8 Å². The van der Waals surface area contributed by atoms with Gasteiger partial charge in [-0.25, -0.2) is 4.98 Å². The molecule has 7 nitrogen and oxygen atoms in total. The number of rotatable bonds is 7. The SMILES string of the molecule is COc1ccc(-c2cc3nc(CN(C)CC(=O)NC(C)C)[nH]c(=O)c3s2)cc1. The van der Waals surface area contributed by atoms with Gasteiger partial charge in [-0.2, -0.15) is 0 Å². The molecule has 1 aromatic carbocycles. The Balaban J connectivity index is 1.80. The lowest BCUT2D eigenvalue weighted by molar-refractivity contribution is -0.122. The van der Waals surface area contributed by atoms with E-state index in [4.69, 9.17) is 4.74 Å². The molecule has 8 heteroatoms. The maximum atomic E-state index is 12.5. The van der Waals surface area contributed by atoms with Crippen LogP contribution in [0.15, 0.2) is 35.1 Å². The summed E-state index contributed by atoms with van der Waals surface area (Å²) in [5.74, 6) is 1.27. The second-order valence-electron chi connectivity index (χ2n) is 6.96. The average Bonchev–Trinajstić information content (AvgIpc) is 3.05. The molecule has 0 aliphatic carbocycles. The largest absolute Gasteiger partial charge is 0.497 e. The Kier molecular flexibility index (Phi) is 6.11. The Hall–Kier alpha value is -2.71. The van der Waals surface area contributed by atoms with Crippen molar-refractivity contribution in [3.63, 3.8) is 0 Å². The van der Waals surface area contributed by atoms with E-state index in [1.54, 1.807) is 7.11 Å². The van der Waals surface area contributed by atoms with Crippen molar-refractivity contribution in [2.24, 2.45) is 0 Å². The fourth-order valence-corrected chi connectivity index (χ4v) is 3.88. The number of benzene rings is 1. The van der Waals surface area contributed by atoms with Crippen LogP contribution in [-0.4, -0.2) is 47.5 Å². The zero-order chi connectivity index (χ0) is 20.3. The second kappa shape index (κ2) is 8.53. The molecule has 28 heavy (non-hydrogen) atoms. The normalized spacial score (nSPS) is 11.4. The van der Waals surface area contributed by atoms with Crippen LogP contribution in [0.3, 0.4) is 0 Å². The number of fused-ring (bicyclic) bond motifs is 1. The predicted molar refractivity (Wildman–Crippen MR) is 112 cm³/mol. The first-order valence-corrected chi connectivity index (χ1v) is 9.82. The third-order valence-electron chi connectivity index (χ3n) is 4.09. The van der Waals surface area contributed by atoms with Gasteiger partial charge in [-0.3, -0.25) is 14.5 Å². The lowest BCUT2D eigenvalue weighted by Gasteiger charge is -2.16. The van der Waals surface area contributed by atoms with E-state index in [2.05, 4.69) is 15.3 Å². The third-order valence-corrected chi connectivity index (χ3v) is 5.26. The number of likely N-dealkylation sites (N-methyl/N-ethyl adjacent to an activating group) is 1. The minimum Gasteiger partial charge on any atom is -0.497 e. The molecule has 2 N–H and O–H groups in total. The van der Waals surface area contributed by atoms with Crippen LogP contribution in [0.1, 0.15) is 19.7 Å². The summed E-state index contributed by atoms with van der Waals surface area (Å²) in [5, 5.41) is 2.85. The number of aromatic nitrogens is 2. The number of nitrogens with one attached hydrogen (secondary N) is 2. The Morgan fingerprint density at radius 3 is 2.68 bits per heavy atom. The van der Waals surface area contributed by atoms with Gasteiger partial charge in [-0.15, -0.1) is 11.3 Å². The highest BCUT2D eigenvalue weighted by Gasteiger charge is 2.13. The first-order valence-electron chi connectivity index (χ1n) is 9.00. The number of amides is 1. The van der Waals surface area contributed by atoms with Crippen LogP contribution >= 0.6 is 11.3 Å². The molecular formula is C20H24N4O3S. The number of hydrogen-bond donors (Lipinski definition) is 2. The molecule has 0 aliphatic rings. The van der Waals surface area contributed by atoms with E-state index >= 15 is 0 Å². The Morgan fingerprint density at radius 2 is 2.04 bits per heavy atom. The van der Waals surface area contributed by atoms with Gasteiger partial charge in [0.1, 0.15) is 16.3 Å². The summed E-state index contributed by atoms with van der Waals surface area (Å²) in [5.41, 5.74) is 1.51. The highest BCUT2D eigenvalue weighted by atomic mass is 32.1. The van der Waals surface area contributed by atoms with Crippen LogP contribution in [0.5, 0.6) is 5.75 Å². The molecule has 0 unspecified atom stereocenters. The molecule has 0 bridgehead atoms. The monoisotopic (exact) mass is 400 g/mol. The van der Waals surface area contributed by atoms with Crippen LogP contribution in [-0.2, 0) is 11.3 Å². The van der Waals surface area contributed by atoms with E-state index in [0.29, 0.717) is 22.6 Å². The van der Waals surface area contributed by atoms with Crippen LogP contribution in [0.2, 0.25) is 0 Å². The highest BCUT2D eigenvalue weighted by Crippen LogP contribution is 2.31. The average molecular weight is 401 g/mol. The number of nitrogens with zero attached hydrogens (tertiary/aromatic N) is 2. The van der Waals surface area contributed by atoms with Crippen molar-refractivity contribution in [2.45, 2.75) is 26.4 Å². The third kappa shape index (κ3) is 4.76. The lowest BCUT2D eigenvalue weighted by Crippen LogP contribution is -2.38. The molecule has 0 saturated heterocycles. The number of aromatic amines is 1. The summed E-state index contributed by atoms with van der Waals surface area (Å²) in [6.07, 6.45) is 0. The predicted octanol–water partition coefficient (Wildman–Crippen LogP) is 2.62. The lowest BCUT2D eigenvalue weighted by atomic mass is 10.2. The van der Waals surface area contributed by atoms with Crippen molar-refractivity contribution in [1.82, 2.24) is 20.2 Å². The molecule has 0 spiro atoms. The molecule has 0 atom stereocenters. The Morgan fingerprint density at radius 1 is 1.32 bits per heavy atom. The first kappa shape index (κ1) is 20.0. The maximum absolute atomic E-state index is 12.5. The van der Waals surface area contributed by atoms with Crippen LogP contribution < -0.4 is 15.6 Å². The van der Waals surface area contributed by atoms with Crippen molar-refractivity contribution < 1.29 is 9.53 Å². The summed E-state index contributed by atoms with van der Waals surface area (Å²) in [6.45, 7) is 4.45. The van der Waals surface area contributed by atoms with Gasteiger partial charge in [-0.1, -0.05) is 0 Å². The second-order valence-corrected chi connectivity index (χ2v) is 8.01. The number of carbonyl (C=O) groups is 1. The van der Waals surface area contributed by atoms with Crippen LogP contribution in [0.4, 0.5) is 0 Å². The number of hydrogen-bond acceptors (Lipinski definition) is 6. The number of H-pyrrole nitrogens is 1. The fourth-order valence-electron chi connectivity index (χ4n) is 2.89. The molecule has 0 radical (unpaired) electrons. The van der Waals surface area contributed by atoms with Gasteiger partial charge in [0.15, 0.2) is 0 Å². The molecular weight excluding hydrogens is 376 g/mol. The van der Waals surface area contributed by atoms with E-state index in [0.717, 1.165) is 16.2 Å². The van der Waals surface area contributed by atoms with Gasteiger partial charge in [0, 0.05) is 10.9 Å². The van der Waals surface area contributed by atoms with E-state index in [1.165, 1.54) is 11.3 Å². The molecule has 2 aromatic heterocycles. The smallest absolute Gasteiger partial charge is 0.268 e. The number of ether oxygens (including phenoxy) is 1. The molecule has 0 saturated carbocycles. The van der Waals surface area contributed by atoms with E-state index in [-0.39, 0.29) is 24.1 Å². The minimum absolute atomic E-state index is 0.0572. The molecule has 3 aromatic rings. The summed E-state index contributed by atoms with van der Waals surface area (Å²) in [4.78, 5) is 34.6. The summed E-state index contributed by atoms with van der Waals surface area (Å²) >= 11 is 1.41. The summed E-state index contributed by atoms with van der Waals surface area (Å²) in [7, 11) is 3.45. The van der Waals surface area contributed by atoms with Gasteiger partial charge in [0.2, 0.25) is 5.91 Å². The molecule has 0 fully saturated rings. The topological polar surface area (TPSA) is 87.3 Å². The maximum Gasteiger partial charge on any atom is 0.268 e. The molecule has 1 amide bonds. The molecule has 2 heterocycles. The fraction of sp³-hybridized carbons (Fsp3) is 0.350. The Bertz CT molecular complexity index is 1020. The summed E-state index contributed by atoms with van der Waals surface area (Å²) < 4.78 is 5.78. The van der Waals surface area contributed by atoms with Gasteiger partial charge >= 0.3 is 0 Å². The number of thiophene rings is 1. The standard InChI is InChI=1S/C20H24N4O3S/c1-12(2)21-18(25)11-24(3)10-17-22-15-9-16(28-19(15)20(26)23-17)13-5-7-14(27-4)8-6-13/h5-9,12H,10-11H2,1-4H3,(H,21,25)(H,22,23,26). The highest BCUT2D eigenvalue weighted by molar-refractivity contribution is 7.22. The van der Waals surface area contributed by atoms with Crippen LogP contribution in [0.25, 0.3) is 20.7 Å². The van der Waals surface area contributed by atoms with Crippen molar-refractivity contribution in [3.05, 3.63) is 46.5 Å². The van der Waals surface area contributed by atoms with Crippen molar-refractivity contribution in [2.75, 3.05) is 20.7 Å². The van der Waals surface area contributed by atoms with Gasteiger partial charge < -0.3 is 15.0 Å². The molecule has 3 rings (SSSR count). The minimum atomic E-state index is -0.162. The zero-order valence-electron chi connectivity index (χ0n) is 16.4. The van der Waals surface area contributed by atoms with Gasteiger partial charge in [0.25, 0.3) is 5.56 Å². The quantitative estimate of drug-likeness (QED) is 0.637. The molecule has 148 valence electrons. The van der Waals surface area contributed by atoms with E-state index < -0.39 is 0 Å². The van der Waals surface area contributed by atoms with Crippen LogP contribution in [0, 0.1) is 0 Å². The van der Waals surface area contributed by atoms with E-state index in [9.17, 15) is 9.59 Å². The number of methoxy groups -OCH3 is 1. The van der Waals surface area contributed by atoms with Crippen molar-refractivity contribution in [1.29, 1.82) is 0 Å². The van der Waals surface area contributed by atoms with Gasteiger partial charge in [0.05, 0.1) is 25.7 Å². The Labute approximate surface area is 167 Å². The van der Waals surface area contributed by atoms with E-state index in [1.807, 2.05) is 56.1 Å². The van der Waals surface area contributed by atoms with Crippen molar-refractivity contribution in [3.8, 4) is 16.2 Å². The first-order chi connectivity index (χ1) is 13.4. The zero-order valence-corrected chi connectivity index (χ0v) is 17.2. The number of carbonyl (C=O) groups excluding carboxylic acids is 1. The molecule has 0 aliphatic heterocycles. The summed E-state index contributed by atoms with van der Waals surface area (Å²) in [6, 6.07) is 9.71. The van der Waals surface area contributed by atoms with Crippen molar-refractivity contribution >= 4 is 27.5 Å².